The molecule has 0 unspecified atom stereocenters. The Hall–Kier alpha value is -3.68. The SMILES string of the molecule is ON=C(CCc1ccccc1)C(=NO)C(=NO)C(=NO)c1ccccc1. The minimum absolute atomic E-state index is 0.0266. The third-order valence-electron chi connectivity index (χ3n) is 3.68. The van der Waals surface area contributed by atoms with E-state index < -0.39 is 0 Å². The van der Waals surface area contributed by atoms with E-state index in [1.165, 1.54) is 0 Å². The summed E-state index contributed by atoms with van der Waals surface area (Å²) in [4.78, 5) is 0. The lowest BCUT2D eigenvalue weighted by molar-refractivity contribution is 0.310. The van der Waals surface area contributed by atoms with Gasteiger partial charge < -0.3 is 20.8 Å². The Morgan fingerprint density at radius 3 is 1.73 bits per heavy atom. The average Bonchev–Trinajstić information content (AvgIpc) is 2.71. The molecule has 0 aromatic heterocycles. The molecule has 2 aromatic rings. The van der Waals surface area contributed by atoms with Crippen LogP contribution in [0.25, 0.3) is 0 Å². The van der Waals surface area contributed by atoms with Gasteiger partial charge in [0.15, 0.2) is 11.4 Å². The third kappa shape index (κ3) is 4.44. The second-order valence-electron chi connectivity index (χ2n) is 5.24. The van der Waals surface area contributed by atoms with Crippen molar-refractivity contribution >= 4 is 22.8 Å². The highest BCUT2D eigenvalue weighted by molar-refractivity contribution is 6.84. The molecule has 0 heterocycles. The fraction of sp³-hybridized carbons (Fsp3) is 0.111. The Morgan fingerprint density at radius 2 is 1.23 bits per heavy atom. The Kier molecular flexibility index (Phi) is 6.87. The van der Waals surface area contributed by atoms with Gasteiger partial charge in [-0.2, -0.15) is 0 Å². The summed E-state index contributed by atoms with van der Waals surface area (Å²) < 4.78 is 0. The Bertz CT molecular complexity index is 831. The second kappa shape index (κ2) is 9.58. The lowest BCUT2D eigenvalue weighted by Crippen LogP contribution is -2.32. The Labute approximate surface area is 149 Å². The summed E-state index contributed by atoms with van der Waals surface area (Å²) in [6.07, 6.45) is 0.696. The van der Waals surface area contributed by atoms with Crippen LogP contribution in [0.2, 0.25) is 0 Å². The zero-order valence-electron chi connectivity index (χ0n) is 13.8. The van der Waals surface area contributed by atoms with Crippen LogP contribution in [0.1, 0.15) is 17.5 Å². The van der Waals surface area contributed by atoms with Crippen molar-refractivity contribution in [2.75, 3.05) is 0 Å². The molecular weight excluding hydrogens is 336 g/mol. The molecule has 2 aromatic carbocycles. The van der Waals surface area contributed by atoms with E-state index in [1.807, 2.05) is 30.3 Å². The van der Waals surface area contributed by atoms with Crippen molar-refractivity contribution in [3.8, 4) is 0 Å². The minimum atomic E-state index is -0.331. The molecule has 0 fully saturated rings. The van der Waals surface area contributed by atoms with E-state index in [1.54, 1.807) is 30.3 Å². The first-order chi connectivity index (χ1) is 12.7. The highest BCUT2D eigenvalue weighted by atomic mass is 16.4. The molecule has 134 valence electrons. The van der Waals surface area contributed by atoms with Gasteiger partial charge in [0.2, 0.25) is 0 Å². The quantitative estimate of drug-likeness (QED) is 0.346. The van der Waals surface area contributed by atoms with Crippen LogP contribution in [0.5, 0.6) is 0 Å². The predicted molar refractivity (Wildman–Crippen MR) is 97.2 cm³/mol. The average molecular weight is 354 g/mol. The molecule has 2 rings (SSSR count). The summed E-state index contributed by atoms with van der Waals surface area (Å²) in [5.41, 5.74) is 0.601. The van der Waals surface area contributed by atoms with Gasteiger partial charge in [0, 0.05) is 5.56 Å². The van der Waals surface area contributed by atoms with E-state index in [2.05, 4.69) is 20.6 Å². The van der Waals surface area contributed by atoms with E-state index in [9.17, 15) is 20.8 Å². The highest BCUT2D eigenvalue weighted by Gasteiger charge is 2.25. The van der Waals surface area contributed by atoms with Crippen LogP contribution in [0.4, 0.5) is 0 Å². The first-order valence-corrected chi connectivity index (χ1v) is 7.72. The first kappa shape index (κ1) is 18.7. The van der Waals surface area contributed by atoms with Crippen LogP contribution in [-0.2, 0) is 6.42 Å². The summed E-state index contributed by atoms with van der Waals surface area (Å²) in [7, 11) is 0. The summed E-state index contributed by atoms with van der Waals surface area (Å²) in [5.74, 6) is 0. The maximum atomic E-state index is 9.39. The van der Waals surface area contributed by atoms with Gasteiger partial charge in [-0.15, -0.1) is 0 Å². The number of rotatable bonds is 7. The van der Waals surface area contributed by atoms with Crippen molar-refractivity contribution in [3.63, 3.8) is 0 Å². The number of hydrogen-bond donors (Lipinski definition) is 4. The number of oxime groups is 4. The smallest absolute Gasteiger partial charge is 0.163 e. The second-order valence-corrected chi connectivity index (χ2v) is 5.24. The molecular formula is C18H18N4O4. The predicted octanol–water partition coefficient (Wildman–Crippen LogP) is 2.99. The first-order valence-electron chi connectivity index (χ1n) is 7.72. The summed E-state index contributed by atoms with van der Waals surface area (Å²) in [5, 5.41) is 49.9. The molecule has 0 atom stereocenters. The molecule has 8 nitrogen and oxygen atoms in total. The number of aryl methyl sites for hydroxylation is 1. The van der Waals surface area contributed by atoms with E-state index >= 15 is 0 Å². The molecule has 0 saturated heterocycles. The number of hydrogen-bond acceptors (Lipinski definition) is 8. The van der Waals surface area contributed by atoms with Crippen LogP contribution >= 0.6 is 0 Å². The van der Waals surface area contributed by atoms with Gasteiger partial charge in [0.05, 0.1) is 0 Å². The normalized spacial score (nSPS) is 13.7. The number of benzene rings is 2. The Morgan fingerprint density at radius 1 is 0.654 bits per heavy atom. The van der Waals surface area contributed by atoms with Crippen LogP contribution in [0, 0.1) is 0 Å². The topological polar surface area (TPSA) is 130 Å². The van der Waals surface area contributed by atoms with Gasteiger partial charge in [-0.25, -0.2) is 0 Å². The van der Waals surface area contributed by atoms with Crippen LogP contribution in [0.3, 0.4) is 0 Å². The van der Waals surface area contributed by atoms with E-state index in [0.717, 1.165) is 5.56 Å². The largest absolute Gasteiger partial charge is 0.411 e. The van der Waals surface area contributed by atoms with Crippen molar-refractivity contribution in [1.82, 2.24) is 0 Å². The molecule has 0 radical (unpaired) electrons. The lowest BCUT2D eigenvalue weighted by atomic mass is 9.97. The molecule has 26 heavy (non-hydrogen) atoms. The fourth-order valence-corrected chi connectivity index (χ4v) is 2.41. The maximum Gasteiger partial charge on any atom is 0.163 e. The van der Waals surface area contributed by atoms with Crippen molar-refractivity contribution < 1.29 is 20.8 Å². The summed E-state index contributed by atoms with van der Waals surface area (Å²) >= 11 is 0. The van der Waals surface area contributed by atoms with Crippen molar-refractivity contribution in [2.24, 2.45) is 20.6 Å². The zero-order valence-corrected chi connectivity index (χ0v) is 13.8. The number of nitrogens with zero attached hydrogens (tertiary/aromatic N) is 4. The molecule has 0 spiro atoms. The minimum Gasteiger partial charge on any atom is -0.411 e. The van der Waals surface area contributed by atoms with Crippen molar-refractivity contribution in [3.05, 3.63) is 71.8 Å². The van der Waals surface area contributed by atoms with Crippen molar-refractivity contribution in [1.29, 1.82) is 0 Å². The molecule has 0 saturated carbocycles. The van der Waals surface area contributed by atoms with Gasteiger partial charge >= 0.3 is 0 Å². The van der Waals surface area contributed by atoms with Crippen molar-refractivity contribution in [2.45, 2.75) is 12.8 Å². The highest BCUT2D eigenvalue weighted by Crippen LogP contribution is 2.09. The molecule has 8 heteroatoms. The Balaban J connectivity index is 2.28. The van der Waals surface area contributed by atoms with Gasteiger partial charge in [-0.1, -0.05) is 81.3 Å². The standard InChI is InChI=1S/C18H18N4O4/c23-19-15(12-11-13-7-3-1-4-8-13)17(21-25)18(22-26)16(20-24)14-9-5-2-6-10-14/h1-10,23-26H,11-12H2. The third-order valence-corrected chi connectivity index (χ3v) is 3.68. The van der Waals surface area contributed by atoms with Gasteiger partial charge in [-0.3, -0.25) is 0 Å². The van der Waals surface area contributed by atoms with Gasteiger partial charge in [0.1, 0.15) is 11.4 Å². The fourth-order valence-electron chi connectivity index (χ4n) is 2.41. The molecule has 0 aliphatic rings. The van der Waals surface area contributed by atoms with Crippen LogP contribution < -0.4 is 0 Å². The molecule has 0 aliphatic carbocycles. The van der Waals surface area contributed by atoms with E-state index in [0.29, 0.717) is 12.0 Å². The maximum absolute atomic E-state index is 9.39. The molecule has 4 N–H and O–H groups in total. The van der Waals surface area contributed by atoms with Crippen LogP contribution in [-0.4, -0.2) is 43.7 Å². The van der Waals surface area contributed by atoms with Gasteiger partial charge in [-0.05, 0) is 18.4 Å². The van der Waals surface area contributed by atoms with Gasteiger partial charge in [0.25, 0.3) is 0 Å². The van der Waals surface area contributed by atoms with Crippen LogP contribution in [0.15, 0.2) is 81.3 Å². The lowest BCUT2D eigenvalue weighted by Gasteiger charge is -2.10. The monoisotopic (exact) mass is 354 g/mol. The molecule has 0 aliphatic heterocycles. The van der Waals surface area contributed by atoms with E-state index in [-0.39, 0.29) is 29.3 Å². The summed E-state index contributed by atoms with van der Waals surface area (Å²) in [6, 6.07) is 17.8. The molecule has 0 amide bonds. The summed E-state index contributed by atoms with van der Waals surface area (Å²) in [6.45, 7) is 0. The van der Waals surface area contributed by atoms with E-state index in [4.69, 9.17) is 0 Å². The molecule has 0 bridgehead atoms. The zero-order chi connectivity index (χ0) is 18.8.